The summed E-state index contributed by atoms with van der Waals surface area (Å²) in [7, 11) is 0. The third kappa shape index (κ3) is 2.93. The lowest BCUT2D eigenvalue weighted by Gasteiger charge is -2.25. The lowest BCUT2D eigenvalue weighted by Crippen LogP contribution is -2.29. The normalized spacial score (nSPS) is 15.3. The molecule has 0 aromatic carbocycles. The quantitative estimate of drug-likeness (QED) is 0.755. The summed E-state index contributed by atoms with van der Waals surface area (Å²) in [6.07, 6.45) is 2.64. The van der Waals surface area contributed by atoms with E-state index in [1.54, 1.807) is 6.20 Å². The number of aliphatic hydroxyl groups is 1. The lowest BCUT2D eigenvalue weighted by molar-refractivity contribution is 0.149. The van der Waals surface area contributed by atoms with Gasteiger partial charge < -0.3 is 10.4 Å². The van der Waals surface area contributed by atoms with Gasteiger partial charge in [0, 0.05) is 23.5 Å². The zero-order valence-electron chi connectivity index (χ0n) is 7.95. The summed E-state index contributed by atoms with van der Waals surface area (Å²) in [4.78, 5) is 0. The Bertz CT molecular complexity index is 234. The number of nitrogens with one attached hydrogen (secondary N) is 1. The van der Waals surface area contributed by atoms with E-state index in [-0.39, 0.29) is 12.0 Å². The second kappa shape index (κ2) is 4.53. The van der Waals surface area contributed by atoms with Gasteiger partial charge in [-0.15, -0.1) is 5.10 Å². The van der Waals surface area contributed by atoms with E-state index < -0.39 is 0 Å². The van der Waals surface area contributed by atoms with Gasteiger partial charge in [-0.2, -0.15) is 0 Å². The van der Waals surface area contributed by atoms with Gasteiger partial charge in [0.05, 0.1) is 12.8 Å². The molecule has 0 saturated carbocycles. The number of hydrogen-bond acceptors (Lipinski definition) is 5. The van der Waals surface area contributed by atoms with Gasteiger partial charge in [-0.25, -0.2) is 0 Å². The molecule has 4 nitrogen and oxygen atoms in total. The van der Waals surface area contributed by atoms with E-state index in [0.29, 0.717) is 0 Å². The van der Waals surface area contributed by atoms with Crippen LogP contribution in [0.1, 0.15) is 20.3 Å². The minimum atomic E-state index is -0.0516. The van der Waals surface area contributed by atoms with Gasteiger partial charge in [0.25, 0.3) is 0 Å². The summed E-state index contributed by atoms with van der Waals surface area (Å²) in [6, 6.07) is 0. The van der Waals surface area contributed by atoms with Gasteiger partial charge in [-0.1, -0.05) is 18.3 Å². The summed E-state index contributed by atoms with van der Waals surface area (Å²) in [5.74, 6) is 0. The molecule has 0 amide bonds. The first-order chi connectivity index (χ1) is 6.20. The highest BCUT2D eigenvalue weighted by Crippen LogP contribution is 2.21. The summed E-state index contributed by atoms with van der Waals surface area (Å²) in [5.41, 5.74) is -0.0516. The molecule has 74 valence electrons. The lowest BCUT2D eigenvalue weighted by atomic mass is 9.89. The SMILES string of the molecule is CCC(C)(CO)CNc1cnns1. The third-order valence-electron chi connectivity index (χ3n) is 2.29. The molecule has 5 heteroatoms. The molecule has 13 heavy (non-hydrogen) atoms. The Kier molecular flexibility index (Phi) is 3.62. The molecule has 1 heterocycles. The molecule has 0 spiro atoms. The van der Waals surface area contributed by atoms with Crippen molar-refractivity contribution >= 4 is 16.5 Å². The fraction of sp³-hybridized carbons (Fsp3) is 0.750. The van der Waals surface area contributed by atoms with Crippen molar-refractivity contribution in [3.63, 3.8) is 0 Å². The molecule has 1 aromatic rings. The number of anilines is 1. The summed E-state index contributed by atoms with van der Waals surface area (Å²) < 4.78 is 3.74. The van der Waals surface area contributed by atoms with Gasteiger partial charge in [0.15, 0.2) is 0 Å². The number of aromatic nitrogens is 2. The van der Waals surface area contributed by atoms with Crippen LogP contribution in [0.5, 0.6) is 0 Å². The van der Waals surface area contributed by atoms with E-state index in [0.717, 1.165) is 18.0 Å². The predicted octanol–water partition coefficient (Wildman–Crippen LogP) is 1.36. The number of aliphatic hydroxyl groups excluding tert-OH is 1. The first-order valence-corrected chi connectivity index (χ1v) is 5.09. The zero-order chi connectivity index (χ0) is 9.73. The van der Waals surface area contributed by atoms with Crippen molar-refractivity contribution in [3.05, 3.63) is 6.20 Å². The Morgan fingerprint density at radius 3 is 2.92 bits per heavy atom. The van der Waals surface area contributed by atoms with E-state index in [1.165, 1.54) is 11.5 Å². The van der Waals surface area contributed by atoms with Gasteiger partial charge in [0.1, 0.15) is 5.00 Å². The zero-order valence-corrected chi connectivity index (χ0v) is 8.77. The highest BCUT2D eigenvalue weighted by atomic mass is 32.1. The van der Waals surface area contributed by atoms with Crippen LogP contribution in [-0.4, -0.2) is 27.8 Å². The van der Waals surface area contributed by atoms with Crippen molar-refractivity contribution in [2.75, 3.05) is 18.5 Å². The molecule has 1 atom stereocenters. The molecular weight excluding hydrogens is 186 g/mol. The standard InChI is InChI=1S/C8H15N3OS/c1-3-8(2,6-12)5-9-7-4-10-11-13-7/h4,9,12H,3,5-6H2,1-2H3. The molecule has 0 bridgehead atoms. The van der Waals surface area contributed by atoms with Gasteiger partial charge in [0.2, 0.25) is 0 Å². The van der Waals surface area contributed by atoms with Crippen LogP contribution in [0, 0.1) is 5.41 Å². The summed E-state index contributed by atoms with van der Waals surface area (Å²) in [5, 5.41) is 17.0. The second-order valence-corrected chi connectivity index (χ2v) is 4.24. The van der Waals surface area contributed by atoms with E-state index in [4.69, 9.17) is 5.11 Å². The Balaban J connectivity index is 2.41. The average Bonchev–Trinajstić information content (AvgIpc) is 2.67. The number of rotatable bonds is 5. The molecule has 1 aromatic heterocycles. The van der Waals surface area contributed by atoms with Crippen molar-refractivity contribution in [3.8, 4) is 0 Å². The molecule has 1 unspecified atom stereocenters. The highest BCUT2D eigenvalue weighted by Gasteiger charge is 2.20. The summed E-state index contributed by atoms with van der Waals surface area (Å²) in [6.45, 7) is 5.07. The van der Waals surface area contributed by atoms with E-state index in [1.807, 2.05) is 0 Å². The van der Waals surface area contributed by atoms with Crippen molar-refractivity contribution in [1.82, 2.24) is 9.59 Å². The predicted molar refractivity (Wildman–Crippen MR) is 53.9 cm³/mol. The van der Waals surface area contributed by atoms with Crippen molar-refractivity contribution in [1.29, 1.82) is 0 Å². The van der Waals surface area contributed by atoms with Crippen LogP contribution in [0.3, 0.4) is 0 Å². The minimum Gasteiger partial charge on any atom is -0.396 e. The molecular formula is C8H15N3OS. The van der Waals surface area contributed by atoms with Crippen LogP contribution in [0.25, 0.3) is 0 Å². The van der Waals surface area contributed by atoms with Crippen molar-refractivity contribution in [2.24, 2.45) is 5.41 Å². The number of nitrogens with zero attached hydrogens (tertiary/aromatic N) is 2. The largest absolute Gasteiger partial charge is 0.396 e. The first-order valence-electron chi connectivity index (χ1n) is 4.32. The maximum Gasteiger partial charge on any atom is 0.130 e. The van der Waals surface area contributed by atoms with Gasteiger partial charge in [-0.05, 0) is 6.42 Å². The van der Waals surface area contributed by atoms with Crippen LogP contribution < -0.4 is 5.32 Å². The van der Waals surface area contributed by atoms with Gasteiger partial charge >= 0.3 is 0 Å². The van der Waals surface area contributed by atoms with E-state index >= 15 is 0 Å². The Hall–Kier alpha value is -0.680. The topological polar surface area (TPSA) is 58.0 Å². The monoisotopic (exact) mass is 201 g/mol. The van der Waals surface area contributed by atoms with E-state index in [2.05, 4.69) is 28.8 Å². The van der Waals surface area contributed by atoms with Crippen LogP contribution in [-0.2, 0) is 0 Å². The maximum absolute atomic E-state index is 9.15. The van der Waals surface area contributed by atoms with Crippen LogP contribution in [0.4, 0.5) is 5.00 Å². The molecule has 1 rings (SSSR count). The molecule has 2 N–H and O–H groups in total. The number of hydrogen-bond donors (Lipinski definition) is 2. The van der Waals surface area contributed by atoms with Crippen LogP contribution in [0.15, 0.2) is 6.20 Å². The van der Waals surface area contributed by atoms with Crippen LogP contribution >= 0.6 is 11.5 Å². The van der Waals surface area contributed by atoms with Crippen molar-refractivity contribution < 1.29 is 5.11 Å². The summed E-state index contributed by atoms with van der Waals surface area (Å²) >= 11 is 1.33. The molecule has 0 saturated heterocycles. The van der Waals surface area contributed by atoms with E-state index in [9.17, 15) is 0 Å². The van der Waals surface area contributed by atoms with Crippen LogP contribution in [0.2, 0.25) is 0 Å². The highest BCUT2D eigenvalue weighted by molar-refractivity contribution is 7.09. The maximum atomic E-state index is 9.15. The Morgan fingerprint density at radius 2 is 2.46 bits per heavy atom. The smallest absolute Gasteiger partial charge is 0.130 e. The fourth-order valence-electron chi connectivity index (χ4n) is 0.838. The average molecular weight is 201 g/mol. The molecule has 0 aliphatic heterocycles. The Morgan fingerprint density at radius 1 is 1.69 bits per heavy atom. The molecule has 0 aliphatic carbocycles. The molecule has 0 aliphatic rings. The fourth-order valence-corrected chi connectivity index (χ4v) is 1.25. The first kappa shape index (κ1) is 10.4. The molecule has 0 radical (unpaired) electrons. The third-order valence-corrected chi connectivity index (χ3v) is 2.91. The Labute approximate surface area is 82.2 Å². The minimum absolute atomic E-state index is 0.0516. The second-order valence-electron chi connectivity index (χ2n) is 3.46. The van der Waals surface area contributed by atoms with Crippen molar-refractivity contribution in [2.45, 2.75) is 20.3 Å². The van der Waals surface area contributed by atoms with Gasteiger partial charge in [-0.3, -0.25) is 0 Å². The molecule has 0 fully saturated rings.